The molecule has 0 spiro atoms. The van der Waals surface area contributed by atoms with Gasteiger partial charge in [-0.15, -0.1) is 0 Å². The van der Waals surface area contributed by atoms with Gasteiger partial charge in [0, 0.05) is 6.20 Å². The monoisotopic (exact) mass is 309 g/mol. The molecule has 0 radical (unpaired) electrons. The first-order chi connectivity index (χ1) is 11.2. The van der Waals surface area contributed by atoms with Gasteiger partial charge in [-0.05, 0) is 48.6 Å². The summed E-state index contributed by atoms with van der Waals surface area (Å²) in [6.45, 7) is 0. The summed E-state index contributed by atoms with van der Waals surface area (Å²) < 4.78 is 6.88. The highest BCUT2D eigenvalue weighted by atomic mass is 16.5. The van der Waals surface area contributed by atoms with Gasteiger partial charge in [0.1, 0.15) is 11.1 Å². The van der Waals surface area contributed by atoms with Crippen LogP contribution in [0.1, 0.15) is 24.3 Å². The van der Waals surface area contributed by atoms with Gasteiger partial charge in [0.2, 0.25) is 0 Å². The van der Waals surface area contributed by atoms with Gasteiger partial charge in [-0.25, -0.2) is 4.79 Å². The molecule has 0 aliphatic heterocycles. The number of ether oxygens (including phenoxy) is 1. The number of aromatic nitrogens is 3. The number of hydrogen-bond donors (Lipinski definition) is 1. The predicted octanol–water partition coefficient (Wildman–Crippen LogP) is 1.96. The third kappa shape index (κ3) is 2.23. The Bertz CT molecular complexity index is 1000. The second-order valence-corrected chi connectivity index (χ2v) is 5.70. The van der Waals surface area contributed by atoms with Gasteiger partial charge >= 0.3 is 5.69 Å². The van der Waals surface area contributed by atoms with Gasteiger partial charge in [0.25, 0.3) is 5.56 Å². The Morgan fingerprint density at radius 1 is 1.30 bits per heavy atom. The van der Waals surface area contributed by atoms with E-state index >= 15 is 0 Å². The maximum absolute atomic E-state index is 12.4. The summed E-state index contributed by atoms with van der Waals surface area (Å²) in [5.74, 6) is 0.966. The molecule has 4 rings (SSSR count). The summed E-state index contributed by atoms with van der Waals surface area (Å²) in [5, 5.41) is 0.375. The Hall–Kier alpha value is -2.89. The molecule has 6 nitrogen and oxygen atoms in total. The minimum absolute atomic E-state index is 0.375. The van der Waals surface area contributed by atoms with Crippen molar-refractivity contribution in [2.45, 2.75) is 18.8 Å². The first-order valence-corrected chi connectivity index (χ1v) is 7.46. The van der Waals surface area contributed by atoms with E-state index in [1.807, 2.05) is 12.1 Å². The molecule has 2 heterocycles. The minimum atomic E-state index is -0.481. The number of nitrogens with zero attached hydrogens (tertiary/aromatic N) is 2. The van der Waals surface area contributed by atoms with E-state index in [1.54, 1.807) is 24.5 Å². The largest absolute Gasteiger partial charge is 0.496 e. The lowest BCUT2D eigenvalue weighted by Crippen LogP contribution is -2.29. The minimum Gasteiger partial charge on any atom is -0.496 e. The van der Waals surface area contributed by atoms with E-state index in [-0.39, 0.29) is 0 Å². The van der Waals surface area contributed by atoms with E-state index in [0.29, 0.717) is 28.3 Å². The van der Waals surface area contributed by atoms with Crippen molar-refractivity contribution in [2.24, 2.45) is 0 Å². The summed E-state index contributed by atoms with van der Waals surface area (Å²) in [4.78, 5) is 31.1. The Morgan fingerprint density at radius 3 is 2.78 bits per heavy atom. The summed E-state index contributed by atoms with van der Waals surface area (Å²) in [7, 11) is 1.53. The van der Waals surface area contributed by atoms with Crippen molar-refractivity contribution >= 4 is 10.9 Å². The van der Waals surface area contributed by atoms with Gasteiger partial charge < -0.3 is 4.74 Å². The number of nitrogens with one attached hydrogen (secondary N) is 1. The molecule has 0 amide bonds. The highest BCUT2D eigenvalue weighted by Crippen LogP contribution is 2.42. The van der Waals surface area contributed by atoms with Gasteiger partial charge in [-0.3, -0.25) is 19.3 Å². The van der Waals surface area contributed by atoms with E-state index < -0.39 is 11.2 Å². The zero-order valence-electron chi connectivity index (χ0n) is 12.6. The van der Waals surface area contributed by atoms with Crippen LogP contribution in [0.4, 0.5) is 0 Å². The molecule has 1 saturated carbocycles. The van der Waals surface area contributed by atoms with Crippen LogP contribution in [-0.2, 0) is 0 Å². The summed E-state index contributed by atoms with van der Waals surface area (Å²) in [6.07, 6.45) is 5.47. The normalized spacial score (nSPS) is 14.1. The van der Waals surface area contributed by atoms with E-state index in [0.717, 1.165) is 18.4 Å². The maximum Gasteiger partial charge on any atom is 0.333 e. The lowest BCUT2D eigenvalue weighted by atomic mass is 10.1. The van der Waals surface area contributed by atoms with Crippen molar-refractivity contribution < 1.29 is 4.74 Å². The fourth-order valence-electron chi connectivity index (χ4n) is 2.91. The molecule has 2 aromatic heterocycles. The summed E-state index contributed by atoms with van der Waals surface area (Å²) in [5.41, 5.74) is 1.33. The number of aromatic amines is 1. The van der Waals surface area contributed by atoms with Crippen LogP contribution >= 0.6 is 0 Å². The van der Waals surface area contributed by atoms with E-state index in [9.17, 15) is 9.59 Å². The molecule has 1 aliphatic carbocycles. The Labute approximate surface area is 131 Å². The van der Waals surface area contributed by atoms with Crippen LogP contribution in [0.25, 0.3) is 16.6 Å². The molecular weight excluding hydrogens is 294 g/mol. The van der Waals surface area contributed by atoms with Crippen LogP contribution in [0.2, 0.25) is 0 Å². The third-order valence-electron chi connectivity index (χ3n) is 4.17. The molecule has 6 heteroatoms. The molecule has 0 bridgehead atoms. The number of pyridine rings is 1. The van der Waals surface area contributed by atoms with Crippen molar-refractivity contribution in [3.63, 3.8) is 0 Å². The lowest BCUT2D eigenvalue weighted by Gasteiger charge is -2.13. The highest BCUT2D eigenvalue weighted by molar-refractivity contribution is 5.86. The molecule has 1 N–H and O–H groups in total. The lowest BCUT2D eigenvalue weighted by molar-refractivity contribution is 0.418. The zero-order valence-corrected chi connectivity index (χ0v) is 12.6. The number of hydrogen-bond acceptors (Lipinski definition) is 4. The molecule has 0 unspecified atom stereocenters. The maximum atomic E-state index is 12.4. The molecule has 1 aromatic carbocycles. The Morgan fingerprint density at radius 2 is 2.13 bits per heavy atom. The van der Waals surface area contributed by atoms with E-state index in [1.165, 1.54) is 11.7 Å². The highest BCUT2D eigenvalue weighted by Gasteiger charge is 2.26. The molecule has 116 valence electrons. The first kappa shape index (κ1) is 13.8. The van der Waals surface area contributed by atoms with Crippen LogP contribution in [0, 0.1) is 0 Å². The smallest absolute Gasteiger partial charge is 0.333 e. The van der Waals surface area contributed by atoms with Crippen molar-refractivity contribution in [2.75, 3.05) is 7.11 Å². The van der Waals surface area contributed by atoms with Crippen molar-refractivity contribution in [1.82, 2.24) is 14.5 Å². The van der Waals surface area contributed by atoms with Gasteiger partial charge in [-0.2, -0.15) is 0 Å². The number of rotatable bonds is 3. The standard InChI is InChI=1S/C17H15N3O3/c1-23-14-8-11(10-4-5-10)7-13-15(14)16(21)19-17(22)20(13)12-3-2-6-18-9-12/h2-3,6-10H,4-5H2,1H3,(H,19,21,22). The third-order valence-corrected chi connectivity index (χ3v) is 4.17. The predicted molar refractivity (Wildman–Crippen MR) is 86.5 cm³/mol. The van der Waals surface area contributed by atoms with Crippen molar-refractivity contribution in [1.29, 1.82) is 0 Å². The van der Waals surface area contributed by atoms with Crippen LogP contribution in [0.15, 0.2) is 46.2 Å². The van der Waals surface area contributed by atoms with E-state index in [4.69, 9.17) is 4.74 Å². The summed E-state index contributed by atoms with van der Waals surface area (Å²) in [6, 6.07) is 7.34. The van der Waals surface area contributed by atoms with Gasteiger partial charge in [0.05, 0.1) is 24.5 Å². The second-order valence-electron chi connectivity index (χ2n) is 5.70. The molecule has 23 heavy (non-hydrogen) atoms. The van der Waals surface area contributed by atoms with Crippen LogP contribution < -0.4 is 16.0 Å². The van der Waals surface area contributed by atoms with Crippen LogP contribution in [0.3, 0.4) is 0 Å². The number of H-pyrrole nitrogens is 1. The molecule has 0 saturated heterocycles. The quantitative estimate of drug-likeness (QED) is 0.802. The number of benzene rings is 1. The number of methoxy groups -OCH3 is 1. The molecule has 0 atom stereocenters. The second kappa shape index (κ2) is 5.08. The first-order valence-electron chi connectivity index (χ1n) is 7.46. The fourth-order valence-corrected chi connectivity index (χ4v) is 2.91. The molecule has 1 aliphatic rings. The SMILES string of the molecule is COc1cc(C2CC2)cc2c1c(=O)[nH]c(=O)n2-c1cccnc1. The van der Waals surface area contributed by atoms with Gasteiger partial charge in [-0.1, -0.05) is 0 Å². The molecule has 3 aromatic rings. The fraction of sp³-hybridized carbons (Fsp3) is 0.235. The van der Waals surface area contributed by atoms with Crippen molar-refractivity contribution in [3.8, 4) is 11.4 Å². The zero-order chi connectivity index (χ0) is 16.0. The Kier molecular flexibility index (Phi) is 3.04. The average Bonchev–Trinajstić information content (AvgIpc) is 3.39. The molecule has 1 fully saturated rings. The topological polar surface area (TPSA) is 77.0 Å². The Balaban J connectivity index is 2.15. The number of fused-ring (bicyclic) bond motifs is 1. The van der Waals surface area contributed by atoms with Crippen LogP contribution in [0.5, 0.6) is 5.75 Å². The average molecular weight is 309 g/mol. The summed E-state index contributed by atoms with van der Waals surface area (Å²) >= 11 is 0. The van der Waals surface area contributed by atoms with Gasteiger partial charge in [0.15, 0.2) is 0 Å². The van der Waals surface area contributed by atoms with Crippen molar-refractivity contribution in [3.05, 3.63) is 63.1 Å². The van der Waals surface area contributed by atoms with E-state index in [2.05, 4.69) is 9.97 Å². The molecular formula is C17H15N3O3. The van der Waals surface area contributed by atoms with Crippen LogP contribution in [-0.4, -0.2) is 21.6 Å².